The Morgan fingerprint density at radius 1 is 1.47 bits per heavy atom. The third-order valence-electron chi connectivity index (χ3n) is 3.25. The lowest BCUT2D eigenvalue weighted by Gasteiger charge is -2.27. The number of carbonyl (C=O) groups excluding carboxylic acids is 1. The van der Waals surface area contributed by atoms with Gasteiger partial charge in [0.1, 0.15) is 6.04 Å². The Bertz CT molecular complexity index is 400. The van der Waals surface area contributed by atoms with Gasteiger partial charge in [0.15, 0.2) is 0 Å². The molecular weight excluding hydrogens is 288 g/mol. The van der Waals surface area contributed by atoms with Crippen LogP contribution in [0, 0.1) is 5.92 Å². The van der Waals surface area contributed by atoms with Crippen LogP contribution in [0.1, 0.15) is 12.8 Å². The number of urea groups is 1. The van der Waals surface area contributed by atoms with E-state index in [9.17, 15) is 18.9 Å². The molecule has 0 aromatic heterocycles. The number of hydrogen-bond acceptors (Lipinski definition) is 4. The van der Waals surface area contributed by atoms with Gasteiger partial charge in [-0.3, -0.25) is 9.11 Å². The van der Waals surface area contributed by atoms with Gasteiger partial charge >= 0.3 is 12.0 Å². The zero-order valence-corrected chi connectivity index (χ0v) is 12.3. The SMILES string of the molecule is CS(=O)CCNC(=O)N1C(C(=O)O)CSC1C1CC1. The predicted molar refractivity (Wildman–Crippen MR) is 74.6 cm³/mol. The summed E-state index contributed by atoms with van der Waals surface area (Å²) in [6.07, 6.45) is 3.70. The Morgan fingerprint density at radius 2 is 2.16 bits per heavy atom. The van der Waals surface area contributed by atoms with Gasteiger partial charge < -0.3 is 10.4 Å². The van der Waals surface area contributed by atoms with Crippen LogP contribution < -0.4 is 5.32 Å². The zero-order valence-electron chi connectivity index (χ0n) is 10.7. The number of aliphatic carboxylic acids is 1. The Kier molecular flexibility index (Phi) is 4.72. The van der Waals surface area contributed by atoms with Crippen LogP contribution in [0.5, 0.6) is 0 Å². The molecule has 0 aromatic carbocycles. The third kappa shape index (κ3) is 3.62. The first-order valence-corrected chi connectivity index (χ1v) is 8.99. The number of carboxylic acid groups (broad SMARTS) is 1. The Morgan fingerprint density at radius 3 is 2.68 bits per heavy atom. The minimum Gasteiger partial charge on any atom is -0.480 e. The quantitative estimate of drug-likeness (QED) is 0.763. The Labute approximate surface area is 118 Å². The number of thioether (sulfide) groups is 1. The van der Waals surface area contributed by atoms with Gasteiger partial charge in [-0.05, 0) is 18.8 Å². The molecule has 0 radical (unpaired) electrons. The molecule has 19 heavy (non-hydrogen) atoms. The molecule has 3 atom stereocenters. The molecule has 1 saturated carbocycles. The number of nitrogens with one attached hydrogen (secondary N) is 1. The molecule has 0 bridgehead atoms. The van der Waals surface area contributed by atoms with Crippen LogP contribution in [0.4, 0.5) is 4.79 Å². The van der Waals surface area contributed by atoms with Gasteiger partial charge in [0.25, 0.3) is 0 Å². The number of carboxylic acids is 1. The summed E-state index contributed by atoms with van der Waals surface area (Å²) in [6.45, 7) is 0.312. The summed E-state index contributed by atoms with van der Waals surface area (Å²) in [5.74, 6) is 0.313. The second-order valence-corrected chi connectivity index (χ2v) is 7.54. The molecule has 1 aliphatic heterocycles. The molecule has 0 spiro atoms. The summed E-state index contributed by atoms with van der Waals surface area (Å²) in [6, 6.07) is -1.09. The van der Waals surface area contributed by atoms with E-state index in [0.717, 1.165) is 12.8 Å². The molecule has 2 fully saturated rings. The topological polar surface area (TPSA) is 86.7 Å². The Hall–Kier alpha value is -0.760. The first-order valence-electron chi connectivity index (χ1n) is 6.21. The summed E-state index contributed by atoms with van der Waals surface area (Å²) in [4.78, 5) is 24.8. The molecule has 0 aromatic rings. The fourth-order valence-corrected chi connectivity index (χ4v) is 4.13. The summed E-state index contributed by atoms with van der Waals surface area (Å²) >= 11 is 1.55. The van der Waals surface area contributed by atoms with Gasteiger partial charge in [-0.25, -0.2) is 9.59 Å². The van der Waals surface area contributed by atoms with Gasteiger partial charge in [-0.15, -0.1) is 11.8 Å². The normalized spacial score (nSPS) is 28.2. The highest BCUT2D eigenvalue weighted by Gasteiger charge is 2.47. The van der Waals surface area contributed by atoms with E-state index in [-0.39, 0.29) is 11.4 Å². The largest absolute Gasteiger partial charge is 0.480 e. The molecule has 2 aliphatic rings. The average molecular weight is 306 g/mol. The maximum absolute atomic E-state index is 12.1. The van der Waals surface area contributed by atoms with Crippen molar-refractivity contribution < 1.29 is 18.9 Å². The van der Waals surface area contributed by atoms with Crippen molar-refractivity contribution >= 4 is 34.6 Å². The second-order valence-electron chi connectivity index (χ2n) is 4.83. The lowest BCUT2D eigenvalue weighted by molar-refractivity contribution is -0.141. The van der Waals surface area contributed by atoms with E-state index < -0.39 is 22.8 Å². The molecule has 3 unspecified atom stereocenters. The average Bonchev–Trinajstić information content (AvgIpc) is 3.06. The second kappa shape index (κ2) is 6.13. The predicted octanol–water partition coefficient (Wildman–Crippen LogP) is 0.313. The van der Waals surface area contributed by atoms with Crippen LogP contribution in [-0.2, 0) is 15.6 Å². The van der Waals surface area contributed by atoms with Gasteiger partial charge in [-0.2, -0.15) is 0 Å². The van der Waals surface area contributed by atoms with Crippen molar-refractivity contribution in [2.45, 2.75) is 24.3 Å². The number of amides is 2. The summed E-state index contributed by atoms with van der Waals surface area (Å²) < 4.78 is 10.9. The van der Waals surface area contributed by atoms with Crippen LogP contribution in [0.15, 0.2) is 0 Å². The van der Waals surface area contributed by atoms with Crippen molar-refractivity contribution in [2.75, 3.05) is 24.3 Å². The summed E-state index contributed by atoms with van der Waals surface area (Å²) in [5, 5.41) is 11.8. The lowest BCUT2D eigenvalue weighted by atomic mass is 10.2. The highest BCUT2D eigenvalue weighted by atomic mass is 32.2. The maximum atomic E-state index is 12.1. The van der Waals surface area contributed by atoms with E-state index in [2.05, 4.69) is 5.32 Å². The number of rotatable bonds is 5. The molecule has 2 amide bonds. The first-order chi connectivity index (χ1) is 9.00. The molecular formula is C11H18N2O4S2. The smallest absolute Gasteiger partial charge is 0.327 e. The van der Waals surface area contributed by atoms with Crippen LogP contribution in [0.25, 0.3) is 0 Å². The molecule has 6 nitrogen and oxygen atoms in total. The number of nitrogens with zero attached hydrogens (tertiary/aromatic N) is 1. The molecule has 1 heterocycles. The summed E-state index contributed by atoms with van der Waals surface area (Å²) in [5.41, 5.74) is 0. The number of carbonyl (C=O) groups is 2. The highest BCUT2D eigenvalue weighted by molar-refractivity contribution is 8.00. The standard InChI is InChI=1S/C11H18N2O4S2/c1-19(17)5-4-12-11(16)13-8(10(14)15)6-18-9(13)7-2-3-7/h7-9H,2-6H2,1H3,(H,12,16)(H,14,15). The van der Waals surface area contributed by atoms with E-state index in [1.165, 1.54) is 4.90 Å². The van der Waals surface area contributed by atoms with Crippen molar-refractivity contribution in [3.63, 3.8) is 0 Å². The van der Waals surface area contributed by atoms with Gasteiger partial charge in [0.05, 0.1) is 5.37 Å². The van der Waals surface area contributed by atoms with E-state index in [1.807, 2.05) is 0 Å². The van der Waals surface area contributed by atoms with Gasteiger partial charge in [0.2, 0.25) is 0 Å². The molecule has 2 rings (SSSR count). The molecule has 1 aliphatic carbocycles. The monoisotopic (exact) mass is 306 g/mol. The molecule has 1 saturated heterocycles. The van der Waals surface area contributed by atoms with Crippen LogP contribution in [-0.4, -0.2) is 61.9 Å². The van der Waals surface area contributed by atoms with Crippen molar-refractivity contribution in [1.82, 2.24) is 10.2 Å². The van der Waals surface area contributed by atoms with Gasteiger partial charge in [0, 0.05) is 35.1 Å². The fraction of sp³-hybridized carbons (Fsp3) is 0.818. The van der Waals surface area contributed by atoms with E-state index in [4.69, 9.17) is 0 Å². The van der Waals surface area contributed by atoms with E-state index in [1.54, 1.807) is 18.0 Å². The zero-order chi connectivity index (χ0) is 14.0. The first kappa shape index (κ1) is 14.6. The minimum atomic E-state index is -0.961. The Balaban J connectivity index is 1.97. The molecule has 8 heteroatoms. The van der Waals surface area contributed by atoms with Crippen molar-refractivity contribution in [3.8, 4) is 0 Å². The minimum absolute atomic E-state index is 0.0202. The molecule has 108 valence electrons. The lowest BCUT2D eigenvalue weighted by Crippen LogP contribution is -2.51. The van der Waals surface area contributed by atoms with Gasteiger partial charge in [-0.1, -0.05) is 0 Å². The van der Waals surface area contributed by atoms with Crippen molar-refractivity contribution in [3.05, 3.63) is 0 Å². The molecule has 2 N–H and O–H groups in total. The van der Waals surface area contributed by atoms with Crippen molar-refractivity contribution in [1.29, 1.82) is 0 Å². The van der Waals surface area contributed by atoms with Crippen LogP contribution >= 0.6 is 11.8 Å². The number of hydrogen-bond donors (Lipinski definition) is 2. The van der Waals surface area contributed by atoms with E-state index >= 15 is 0 Å². The van der Waals surface area contributed by atoms with Crippen LogP contribution in [0.2, 0.25) is 0 Å². The third-order valence-corrected chi connectivity index (χ3v) is 5.49. The summed E-state index contributed by atoms with van der Waals surface area (Å²) in [7, 11) is -0.961. The highest BCUT2D eigenvalue weighted by Crippen LogP contribution is 2.45. The van der Waals surface area contributed by atoms with E-state index in [0.29, 0.717) is 24.0 Å². The fourth-order valence-electron chi connectivity index (χ4n) is 2.11. The maximum Gasteiger partial charge on any atom is 0.327 e. The van der Waals surface area contributed by atoms with Crippen LogP contribution in [0.3, 0.4) is 0 Å². The van der Waals surface area contributed by atoms with Crippen molar-refractivity contribution in [2.24, 2.45) is 5.92 Å².